The summed E-state index contributed by atoms with van der Waals surface area (Å²) < 4.78 is 1.63. The summed E-state index contributed by atoms with van der Waals surface area (Å²) in [6, 6.07) is 0. The van der Waals surface area contributed by atoms with E-state index < -0.39 is 5.97 Å². The maximum atomic E-state index is 11.6. The molecule has 0 saturated heterocycles. The minimum Gasteiger partial charge on any atom is -0.476 e. The molecule has 0 spiro atoms. The number of carboxylic acid groups (broad SMARTS) is 1. The van der Waals surface area contributed by atoms with Gasteiger partial charge in [-0.1, -0.05) is 13.3 Å². The van der Waals surface area contributed by atoms with Crippen LogP contribution in [0.1, 0.15) is 30.3 Å². The van der Waals surface area contributed by atoms with E-state index in [9.17, 15) is 9.59 Å². The maximum Gasteiger partial charge on any atom is 0.356 e. The average molecular weight is 268 g/mol. The van der Waals surface area contributed by atoms with Crippen LogP contribution in [0.15, 0.2) is 12.5 Å². The first-order valence-corrected chi connectivity index (χ1v) is 6.28. The fraction of sp³-hybridized carbons (Fsp3) is 0.583. The number of nitrogens with one attached hydrogen (secondary N) is 1. The SMILES string of the molecule is CCC(CN)CC(=O)NCCn1cnc(C(=O)O)c1. The molecule has 1 heterocycles. The van der Waals surface area contributed by atoms with Gasteiger partial charge < -0.3 is 20.7 Å². The number of carboxylic acids is 1. The van der Waals surface area contributed by atoms with Crippen LogP contribution in [-0.4, -0.2) is 39.6 Å². The van der Waals surface area contributed by atoms with Crippen molar-refractivity contribution in [3.8, 4) is 0 Å². The number of imidazole rings is 1. The number of aromatic nitrogens is 2. The van der Waals surface area contributed by atoms with Crippen molar-refractivity contribution in [1.29, 1.82) is 0 Å². The van der Waals surface area contributed by atoms with Crippen molar-refractivity contribution in [3.05, 3.63) is 18.2 Å². The molecule has 7 nitrogen and oxygen atoms in total. The molecule has 1 rings (SSSR count). The lowest BCUT2D eigenvalue weighted by Crippen LogP contribution is -2.30. The largest absolute Gasteiger partial charge is 0.476 e. The molecule has 0 saturated carbocycles. The van der Waals surface area contributed by atoms with Crippen molar-refractivity contribution in [2.75, 3.05) is 13.1 Å². The molecule has 0 aromatic carbocycles. The molecule has 1 aromatic rings. The van der Waals surface area contributed by atoms with Crippen LogP contribution in [0.25, 0.3) is 0 Å². The molecular formula is C12H20N4O3. The zero-order chi connectivity index (χ0) is 14.3. The highest BCUT2D eigenvalue weighted by molar-refractivity contribution is 5.84. The summed E-state index contributed by atoms with van der Waals surface area (Å²) >= 11 is 0. The van der Waals surface area contributed by atoms with Crippen molar-refractivity contribution >= 4 is 11.9 Å². The number of nitrogens with two attached hydrogens (primary N) is 1. The molecule has 0 radical (unpaired) electrons. The predicted octanol–water partition coefficient (Wildman–Crippen LogP) is 0.0725. The van der Waals surface area contributed by atoms with Crippen molar-refractivity contribution in [1.82, 2.24) is 14.9 Å². The third kappa shape index (κ3) is 5.09. The molecule has 7 heteroatoms. The van der Waals surface area contributed by atoms with Gasteiger partial charge in [-0.2, -0.15) is 0 Å². The number of rotatable bonds is 8. The van der Waals surface area contributed by atoms with Gasteiger partial charge in [0.05, 0.1) is 6.33 Å². The second kappa shape index (κ2) is 7.52. The zero-order valence-corrected chi connectivity index (χ0v) is 11.0. The highest BCUT2D eigenvalue weighted by atomic mass is 16.4. The Morgan fingerprint density at radius 1 is 1.58 bits per heavy atom. The molecule has 0 aliphatic rings. The van der Waals surface area contributed by atoms with Crippen LogP contribution >= 0.6 is 0 Å². The van der Waals surface area contributed by atoms with Gasteiger partial charge in [-0.15, -0.1) is 0 Å². The molecule has 1 amide bonds. The lowest BCUT2D eigenvalue weighted by Gasteiger charge is -2.12. The zero-order valence-electron chi connectivity index (χ0n) is 11.0. The molecule has 1 atom stereocenters. The summed E-state index contributed by atoms with van der Waals surface area (Å²) in [5.74, 6) is -0.876. The first-order valence-electron chi connectivity index (χ1n) is 6.28. The first-order chi connectivity index (χ1) is 9.06. The highest BCUT2D eigenvalue weighted by Gasteiger charge is 2.10. The van der Waals surface area contributed by atoms with Crippen LogP contribution in [0.3, 0.4) is 0 Å². The Labute approximate surface area is 111 Å². The van der Waals surface area contributed by atoms with Gasteiger partial charge in [-0.05, 0) is 12.5 Å². The average Bonchev–Trinajstić information content (AvgIpc) is 2.85. The fourth-order valence-electron chi connectivity index (χ4n) is 1.65. The monoisotopic (exact) mass is 268 g/mol. The van der Waals surface area contributed by atoms with Gasteiger partial charge in [0.1, 0.15) is 0 Å². The summed E-state index contributed by atoms with van der Waals surface area (Å²) in [6.45, 7) is 3.44. The smallest absolute Gasteiger partial charge is 0.356 e. The lowest BCUT2D eigenvalue weighted by atomic mass is 10.0. The third-order valence-electron chi connectivity index (χ3n) is 2.93. The summed E-state index contributed by atoms with van der Waals surface area (Å²) in [5, 5.41) is 11.5. The first kappa shape index (κ1) is 15.2. The number of nitrogens with zero attached hydrogens (tertiary/aromatic N) is 2. The van der Waals surface area contributed by atoms with E-state index in [-0.39, 0.29) is 17.5 Å². The third-order valence-corrected chi connectivity index (χ3v) is 2.93. The van der Waals surface area contributed by atoms with Crippen molar-refractivity contribution < 1.29 is 14.7 Å². The Kier molecular flexibility index (Phi) is 6.01. The van der Waals surface area contributed by atoms with E-state index in [1.165, 1.54) is 12.5 Å². The van der Waals surface area contributed by atoms with Gasteiger partial charge >= 0.3 is 5.97 Å². The molecule has 0 aliphatic carbocycles. The topological polar surface area (TPSA) is 110 Å². The molecule has 4 N–H and O–H groups in total. The maximum absolute atomic E-state index is 11.6. The molecule has 0 fully saturated rings. The highest BCUT2D eigenvalue weighted by Crippen LogP contribution is 2.05. The van der Waals surface area contributed by atoms with E-state index in [0.717, 1.165) is 6.42 Å². The van der Waals surface area contributed by atoms with Gasteiger partial charge in [0.2, 0.25) is 5.91 Å². The second-order valence-electron chi connectivity index (χ2n) is 4.37. The van der Waals surface area contributed by atoms with E-state index in [1.54, 1.807) is 4.57 Å². The Bertz CT molecular complexity index is 426. The second-order valence-corrected chi connectivity index (χ2v) is 4.37. The number of aromatic carboxylic acids is 1. The molecule has 106 valence electrons. The van der Waals surface area contributed by atoms with E-state index in [0.29, 0.717) is 26.1 Å². The van der Waals surface area contributed by atoms with Crippen LogP contribution in [-0.2, 0) is 11.3 Å². The van der Waals surface area contributed by atoms with Gasteiger partial charge in [0.25, 0.3) is 0 Å². The predicted molar refractivity (Wildman–Crippen MR) is 69.6 cm³/mol. The van der Waals surface area contributed by atoms with Gasteiger partial charge in [-0.25, -0.2) is 9.78 Å². The van der Waals surface area contributed by atoms with Crippen molar-refractivity contribution in [3.63, 3.8) is 0 Å². The van der Waals surface area contributed by atoms with Gasteiger partial charge in [-0.3, -0.25) is 4.79 Å². The summed E-state index contributed by atoms with van der Waals surface area (Å²) in [5.41, 5.74) is 5.53. The number of carbonyl (C=O) groups is 2. The van der Waals surface area contributed by atoms with E-state index in [1.807, 2.05) is 6.92 Å². The number of hydrogen-bond acceptors (Lipinski definition) is 4. The Morgan fingerprint density at radius 2 is 2.32 bits per heavy atom. The Balaban J connectivity index is 2.29. The van der Waals surface area contributed by atoms with Crippen LogP contribution in [0.4, 0.5) is 0 Å². The molecule has 0 aliphatic heterocycles. The van der Waals surface area contributed by atoms with E-state index in [4.69, 9.17) is 10.8 Å². The number of carbonyl (C=O) groups excluding carboxylic acids is 1. The van der Waals surface area contributed by atoms with Crippen molar-refractivity contribution in [2.24, 2.45) is 11.7 Å². The standard InChI is InChI=1S/C12H20N4O3/c1-2-9(6-13)5-11(17)14-3-4-16-7-10(12(18)19)15-8-16/h7-9H,2-6,13H2,1H3,(H,14,17)(H,18,19). The fourth-order valence-corrected chi connectivity index (χ4v) is 1.65. The van der Waals surface area contributed by atoms with E-state index in [2.05, 4.69) is 10.3 Å². The van der Waals surface area contributed by atoms with Gasteiger partial charge in [0.15, 0.2) is 5.69 Å². The minimum absolute atomic E-state index is 0.000468. The normalized spacial score (nSPS) is 12.1. The lowest BCUT2D eigenvalue weighted by molar-refractivity contribution is -0.122. The number of hydrogen-bond donors (Lipinski definition) is 3. The van der Waals surface area contributed by atoms with Crippen LogP contribution in [0.2, 0.25) is 0 Å². The summed E-state index contributed by atoms with van der Waals surface area (Å²) in [6.07, 6.45) is 4.18. The number of amides is 1. The summed E-state index contributed by atoms with van der Waals surface area (Å²) in [4.78, 5) is 25.9. The van der Waals surface area contributed by atoms with E-state index >= 15 is 0 Å². The van der Waals surface area contributed by atoms with Crippen LogP contribution in [0.5, 0.6) is 0 Å². The summed E-state index contributed by atoms with van der Waals surface area (Å²) in [7, 11) is 0. The van der Waals surface area contributed by atoms with Crippen LogP contribution < -0.4 is 11.1 Å². The minimum atomic E-state index is -1.06. The molecule has 19 heavy (non-hydrogen) atoms. The molecule has 1 aromatic heterocycles. The van der Waals surface area contributed by atoms with Crippen molar-refractivity contribution in [2.45, 2.75) is 26.3 Å². The molecule has 0 bridgehead atoms. The quantitative estimate of drug-likeness (QED) is 0.618. The van der Waals surface area contributed by atoms with Gasteiger partial charge in [0, 0.05) is 25.7 Å². The molecule has 1 unspecified atom stereocenters. The molecular weight excluding hydrogens is 248 g/mol. The Hall–Kier alpha value is -1.89. The Morgan fingerprint density at radius 3 is 2.84 bits per heavy atom. The van der Waals surface area contributed by atoms with Crippen LogP contribution in [0, 0.1) is 5.92 Å².